The van der Waals surface area contributed by atoms with Gasteiger partial charge < -0.3 is 57.8 Å². The minimum absolute atomic E-state index is 0.654. The van der Waals surface area contributed by atoms with Crippen LogP contribution in [0.1, 0.15) is 431 Å². The van der Waals surface area contributed by atoms with Gasteiger partial charge in [-0.15, -0.1) is 0 Å². The number of unbranched alkanes of at least 4 members (excludes halogenated alkanes) is 40. The fourth-order valence-electron chi connectivity index (χ4n) is 16.4. The molecule has 12 heteroatoms. The van der Waals surface area contributed by atoms with Crippen molar-refractivity contribution in [1.29, 1.82) is 0 Å². The molecule has 5 rings (SSSR count). The molecule has 0 spiro atoms. The van der Waals surface area contributed by atoms with E-state index in [-0.39, 0.29) is 0 Å². The molecule has 5 heterocycles. The first-order chi connectivity index (χ1) is 55.5. The maximum atomic E-state index is 6.75. The lowest BCUT2D eigenvalue weighted by Gasteiger charge is -2.10. The third kappa shape index (κ3) is 43.6. The Morgan fingerprint density at radius 2 is 0.286 bits per heavy atom. The molecule has 644 valence electrons. The van der Waals surface area contributed by atoms with Crippen LogP contribution in [0.25, 0.3) is 24.3 Å². The predicted octanol–water partition coefficient (Wildman–Crippen LogP) is 24.0. The first kappa shape index (κ1) is 98.9. The molecular weight excluding hydrogens is 1390 g/mol. The number of hydrogen-bond acceptors (Lipinski definition) is 8. The monoisotopic (exact) mass is 1560 g/mol. The summed E-state index contributed by atoms with van der Waals surface area (Å²) in [6.07, 6.45) is 76.0. The van der Waals surface area contributed by atoms with Gasteiger partial charge in [-0.1, -0.05) is 312 Å². The molecule has 0 amide bonds. The average molecular weight is 1560 g/mol. The number of nitrogens with one attached hydrogen (secondary N) is 4. The standard InChI is InChI=1S/C100H176N4O8/c1-9-17-25-33-41-49-65-105-73-57-85-86(58-74-106-66-50-42-34-26-18-10-2)94-82-96-89(61-77-109-69-53-45-37-29-21-13-5)90(62-78-110-70-54-46-38-30-22-14-6)98(103-96)84-100-92(64-80-112-72-56-48-40-32-24-16-8)91(63-79-111-71-55-47-39-31-23-15-7)99(104-100)83-97-88(60-76-108-68-52-44-36-28-20-12-4)87(95(102-97)81-93(85)101-94)59-75-107-67-51-43-35-27-19-11-3/h81-84,101-104H,9-80H2,1-8H3. The van der Waals surface area contributed by atoms with Crippen LogP contribution in [0, 0.1) is 0 Å². The Bertz CT molecular complexity index is 2700. The second-order valence-electron chi connectivity index (χ2n) is 33.3. The smallest absolute Gasteiger partial charge is 0.0507 e. The lowest BCUT2D eigenvalue weighted by atomic mass is 9.99. The highest BCUT2D eigenvalue weighted by atomic mass is 16.5. The largest absolute Gasteiger partial charge is 0.381 e. The van der Waals surface area contributed by atoms with Crippen molar-refractivity contribution in [1.82, 2.24) is 19.9 Å². The fraction of sp³-hybridized carbons (Fsp3) is 0.800. The zero-order chi connectivity index (χ0) is 79.5. The predicted molar refractivity (Wildman–Crippen MR) is 479 cm³/mol. The maximum Gasteiger partial charge on any atom is 0.0507 e. The van der Waals surface area contributed by atoms with Gasteiger partial charge in [-0.25, -0.2) is 0 Å². The van der Waals surface area contributed by atoms with Crippen molar-refractivity contribution in [2.75, 3.05) is 106 Å². The van der Waals surface area contributed by atoms with Crippen molar-refractivity contribution in [3.05, 3.63) is 88.7 Å². The summed E-state index contributed by atoms with van der Waals surface area (Å²) in [6, 6.07) is 0. The van der Waals surface area contributed by atoms with Crippen LogP contribution < -0.4 is 21.4 Å². The van der Waals surface area contributed by atoms with Crippen LogP contribution in [-0.4, -0.2) is 126 Å². The van der Waals surface area contributed by atoms with Gasteiger partial charge in [0, 0.05) is 97.0 Å². The van der Waals surface area contributed by atoms with Crippen LogP contribution in [-0.2, 0) is 89.3 Å². The molecule has 0 atom stereocenters. The van der Waals surface area contributed by atoms with E-state index in [1.165, 1.54) is 301 Å². The maximum absolute atomic E-state index is 6.75. The summed E-state index contributed by atoms with van der Waals surface area (Å²) in [5, 5.41) is 4.55. The fourth-order valence-corrected chi connectivity index (χ4v) is 16.4. The van der Waals surface area contributed by atoms with E-state index in [1.54, 1.807) is 0 Å². The topological polar surface area (TPSA) is 137 Å². The quantitative estimate of drug-likeness (QED) is 0.0283. The van der Waals surface area contributed by atoms with Crippen LogP contribution in [0.15, 0.2) is 0 Å². The van der Waals surface area contributed by atoms with Crippen molar-refractivity contribution >= 4 is 24.3 Å². The Morgan fingerprint density at radius 1 is 0.152 bits per heavy atom. The first-order valence-corrected chi connectivity index (χ1v) is 48.4. The van der Waals surface area contributed by atoms with Gasteiger partial charge in [-0.2, -0.15) is 0 Å². The molecule has 0 fully saturated rings. The van der Waals surface area contributed by atoms with Crippen LogP contribution in [0.4, 0.5) is 0 Å². The molecule has 0 aliphatic carbocycles. The zero-order valence-corrected chi connectivity index (χ0v) is 74.5. The minimum Gasteiger partial charge on any atom is -0.381 e. The Kier molecular flexibility index (Phi) is 61.1. The van der Waals surface area contributed by atoms with Crippen LogP contribution >= 0.6 is 0 Å². The first-order valence-electron chi connectivity index (χ1n) is 48.4. The Balaban J connectivity index is 1.87. The van der Waals surface area contributed by atoms with Crippen molar-refractivity contribution in [3.8, 4) is 0 Å². The summed E-state index contributed by atoms with van der Waals surface area (Å²) in [4.78, 5) is 17.0. The van der Waals surface area contributed by atoms with Crippen LogP contribution in [0.2, 0.25) is 0 Å². The molecule has 8 bridgehead atoms. The van der Waals surface area contributed by atoms with Gasteiger partial charge in [0.05, 0.1) is 52.9 Å². The third-order valence-electron chi connectivity index (χ3n) is 23.4. The van der Waals surface area contributed by atoms with Crippen molar-refractivity contribution in [2.45, 2.75) is 415 Å². The van der Waals surface area contributed by atoms with E-state index in [1.807, 2.05) is 0 Å². The van der Waals surface area contributed by atoms with Gasteiger partial charge in [-0.05, 0) is 172 Å². The number of hydrogen-bond donors (Lipinski definition) is 4. The summed E-state index contributed by atoms with van der Waals surface area (Å²) in [5.74, 6) is 0. The highest BCUT2D eigenvalue weighted by Gasteiger charge is 2.23. The van der Waals surface area contributed by atoms with Gasteiger partial charge in [0.1, 0.15) is 0 Å². The molecule has 112 heavy (non-hydrogen) atoms. The average Bonchev–Trinajstić information content (AvgIpc) is 1.61. The summed E-state index contributed by atoms with van der Waals surface area (Å²) < 4.78 is 54.0. The number of aromatic nitrogens is 4. The number of rotatable bonds is 80. The second-order valence-corrected chi connectivity index (χ2v) is 33.3. The van der Waals surface area contributed by atoms with E-state index in [4.69, 9.17) is 37.9 Å². The molecule has 1 aliphatic rings. The second kappa shape index (κ2) is 69.3. The summed E-state index contributed by atoms with van der Waals surface area (Å²) >= 11 is 0. The number of H-pyrrole nitrogens is 4. The van der Waals surface area contributed by atoms with Crippen LogP contribution in [0.3, 0.4) is 0 Å². The van der Waals surface area contributed by atoms with E-state index < -0.39 is 0 Å². The number of ether oxygens (including phenoxy) is 8. The number of fused-ring (bicyclic) bond motifs is 8. The molecule has 0 aromatic carbocycles. The molecule has 0 radical (unpaired) electrons. The van der Waals surface area contributed by atoms with Crippen molar-refractivity contribution in [2.24, 2.45) is 0 Å². The van der Waals surface area contributed by atoms with Gasteiger partial charge in [-0.3, -0.25) is 0 Å². The van der Waals surface area contributed by atoms with Gasteiger partial charge >= 0.3 is 0 Å². The molecule has 12 nitrogen and oxygen atoms in total. The van der Waals surface area contributed by atoms with Gasteiger partial charge in [0.25, 0.3) is 0 Å². The molecule has 0 saturated heterocycles. The summed E-state index contributed by atoms with van der Waals surface area (Å²) in [7, 11) is 0. The molecule has 1 aliphatic heterocycles. The van der Waals surface area contributed by atoms with E-state index in [9.17, 15) is 0 Å². The van der Waals surface area contributed by atoms with Crippen molar-refractivity contribution in [3.63, 3.8) is 0 Å². The summed E-state index contributed by atoms with van der Waals surface area (Å²) in [5.41, 5.74) is 15.1. The van der Waals surface area contributed by atoms with Gasteiger partial charge in [0.15, 0.2) is 0 Å². The Labute approximate surface area is 687 Å². The van der Waals surface area contributed by atoms with Crippen molar-refractivity contribution < 1.29 is 37.9 Å². The SMILES string of the molecule is CCCCCCCCOCCc1c2[nH]c(c1CCOCCCCCCCC)C=c1[nH]c(c(CCOCCCCCCCC)c1CCOCCCCCCCC)=Cc1[nH]c(c(CCOCCCCCCCC)c1CCOCCCCCCCC)C=c1[nH]c(c(CCOCCCCCCCC)c1CCOCCCCCCCC)=C2. The Morgan fingerprint density at radius 3 is 0.438 bits per heavy atom. The highest BCUT2D eigenvalue weighted by molar-refractivity contribution is 5.66. The van der Waals surface area contributed by atoms with Gasteiger partial charge in [0.2, 0.25) is 0 Å². The van der Waals surface area contributed by atoms with E-state index in [0.717, 1.165) is 200 Å². The molecule has 4 aromatic heterocycles. The normalized spacial score (nSPS) is 12.2. The van der Waals surface area contributed by atoms with E-state index in [0.29, 0.717) is 52.9 Å². The summed E-state index contributed by atoms with van der Waals surface area (Å²) in [6.45, 7) is 30.0. The number of aromatic amines is 4. The Hall–Kier alpha value is -3.72. The zero-order valence-electron chi connectivity index (χ0n) is 74.5. The lowest BCUT2D eigenvalue weighted by Crippen LogP contribution is -2.15. The third-order valence-corrected chi connectivity index (χ3v) is 23.4. The molecule has 4 aromatic rings. The molecule has 0 saturated carbocycles. The van der Waals surface area contributed by atoms with Crippen LogP contribution in [0.5, 0.6) is 0 Å². The molecular formula is C100H176N4O8. The van der Waals surface area contributed by atoms with E-state index >= 15 is 0 Å². The molecule has 0 unspecified atom stereocenters. The molecule has 4 N–H and O–H groups in total. The lowest BCUT2D eigenvalue weighted by molar-refractivity contribution is 0.129. The highest BCUT2D eigenvalue weighted by Crippen LogP contribution is 2.27. The minimum atomic E-state index is 0.654. The van der Waals surface area contributed by atoms with E-state index in [2.05, 4.69) is 99.6 Å².